The van der Waals surface area contributed by atoms with Crippen LogP contribution in [0.25, 0.3) is 10.8 Å². The Morgan fingerprint density at radius 2 is 1.54 bits per heavy atom. The van der Waals surface area contributed by atoms with Gasteiger partial charge in [-0.1, -0.05) is 82.7 Å². The van der Waals surface area contributed by atoms with Crippen molar-refractivity contribution in [3.63, 3.8) is 0 Å². The first-order chi connectivity index (χ1) is 13.7. The summed E-state index contributed by atoms with van der Waals surface area (Å²) in [6.45, 7) is 4.23. The molecule has 2 unspecified atom stereocenters. The molecule has 0 fully saturated rings. The Balaban J connectivity index is 1.97. The van der Waals surface area contributed by atoms with Gasteiger partial charge in [0.1, 0.15) is 5.75 Å². The van der Waals surface area contributed by atoms with Crippen LogP contribution in [-0.2, 0) is 6.42 Å². The lowest BCUT2D eigenvalue weighted by Crippen LogP contribution is -2.16. The Morgan fingerprint density at radius 3 is 2.21 bits per heavy atom. The Morgan fingerprint density at radius 1 is 0.857 bits per heavy atom. The average Bonchev–Trinajstić information content (AvgIpc) is 2.73. The lowest BCUT2D eigenvalue weighted by Gasteiger charge is -2.20. The largest absolute Gasteiger partial charge is 0.490 e. The molecule has 2 rings (SSSR count). The number of unbranched alkanes of at least 4 members (excludes halogenated alkanes) is 6. The SMILES string of the molecule is CCCCCCCCCC(CC)Oc1ccc(CC(O)CO)c2ccccc12. The zero-order valence-corrected chi connectivity index (χ0v) is 17.7. The molecular weight excluding hydrogens is 348 g/mol. The van der Waals surface area contributed by atoms with E-state index in [2.05, 4.69) is 26.0 Å². The third kappa shape index (κ3) is 7.10. The monoisotopic (exact) mass is 386 g/mol. The van der Waals surface area contributed by atoms with E-state index in [9.17, 15) is 5.11 Å². The summed E-state index contributed by atoms with van der Waals surface area (Å²) in [7, 11) is 0. The van der Waals surface area contributed by atoms with Gasteiger partial charge in [-0.25, -0.2) is 0 Å². The van der Waals surface area contributed by atoms with Crippen LogP contribution in [0, 0.1) is 0 Å². The molecule has 0 aromatic heterocycles. The molecule has 2 aromatic rings. The van der Waals surface area contributed by atoms with E-state index in [-0.39, 0.29) is 12.7 Å². The van der Waals surface area contributed by atoms with E-state index in [1.165, 1.54) is 44.9 Å². The van der Waals surface area contributed by atoms with Crippen molar-refractivity contribution in [1.29, 1.82) is 0 Å². The summed E-state index contributed by atoms with van der Waals surface area (Å²) in [5, 5.41) is 21.2. The molecule has 0 bridgehead atoms. The first-order valence-electron chi connectivity index (χ1n) is 11.2. The zero-order valence-electron chi connectivity index (χ0n) is 17.7. The van der Waals surface area contributed by atoms with Crippen molar-refractivity contribution in [2.24, 2.45) is 0 Å². The maximum Gasteiger partial charge on any atom is 0.127 e. The second-order valence-electron chi connectivity index (χ2n) is 7.87. The summed E-state index contributed by atoms with van der Waals surface area (Å²) in [4.78, 5) is 0. The first-order valence-corrected chi connectivity index (χ1v) is 11.2. The molecule has 2 atom stereocenters. The summed E-state index contributed by atoms with van der Waals surface area (Å²) in [5.74, 6) is 0.924. The summed E-state index contributed by atoms with van der Waals surface area (Å²) in [6.07, 6.45) is 11.3. The van der Waals surface area contributed by atoms with Crippen LogP contribution in [-0.4, -0.2) is 29.0 Å². The van der Waals surface area contributed by atoms with E-state index in [0.717, 1.165) is 34.9 Å². The molecule has 0 aliphatic heterocycles. The maximum atomic E-state index is 9.83. The van der Waals surface area contributed by atoms with E-state index in [1.54, 1.807) is 0 Å². The van der Waals surface area contributed by atoms with E-state index in [1.807, 2.05) is 24.3 Å². The number of benzene rings is 2. The minimum Gasteiger partial charge on any atom is -0.490 e. The van der Waals surface area contributed by atoms with E-state index in [4.69, 9.17) is 9.84 Å². The van der Waals surface area contributed by atoms with Crippen LogP contribution in [0.5, 0.6) is 5.75 Å². The Labute approximate surface area is 170 Å². The quantitative estimate of drug-likeness (QED) is 0.390. The van der Waals surface area contributed by atoms with Gasteiger partial charge in [-0.3, -0.25) is 0 Å². The van der Waals surface area contributed by atoms with Crippen molar-refractivity contribution in [3.05, 3.63) is 42.0 Å². The zero-order chi connectivity index (χ0) is 20.2. The van der Waals surface area contributed by atoms with E-state index >= 15 is 0 Å². The molecule has 28 heavy (non-hydrogen) atoms. The van der Waals surface area contributed by atoms with Crippen LogP contribution >= 0.6 is 0 Å². The van der Waals surface area contributed by atoms with Gasteiger partial charge in [-0.15, -0.1) is 0 Å². The normalized spacial score (nSPS) is 13.6. The van der Waals surface area contributed by atoms with Gasteiger partial charge in [0.25, 0.3) is 0 Å². The fraction of sp³-hybridized carbons (Fsp3) is 0.600. The number of hydrogen-bond acceptors (Lipinski definition) is 3. The van der Waals surface area contributed by atoms with Gasteiger partial charge >= 0.3 is 0 Å². The predicted molar refractivity (Wildman–Crippen MR) is 118 cm³/mol. The van der Waals surface area contributed by atoms with Crippen molar-refractivity contribution in [2.45, 2.75) is 90.3 Å². The van der Waals surface area contributed by atoms with Crippen molar-refractivity contribution in [3.8, 4) is 5.75 Å². The lowest BCUT2D eigenvalue weighted by molar-refractivity contribution is 0.0957. The minimum absolute atomic E-state index is 0.219. The third-order valence-corrected chi connectivity index (χ3v) is 5.52. The van der Waals surface area contributed by atoms with Crippen LogP contribution in [0.3, 0.4) is 0 Å². The molecule has 0 spiro atoms. The van der Waals surface area contributed by atoms with Gasteiger partial charge in [0.05, 0.1) is 18.8 Å². The highest BCUT2D eigenvalue weighted by atomic mass is 16.5. The van der Waals surface area contributed by atoms with Crippen molar-refractivity contribution < 1.29 is 14.9 Å². The molecule has 0 aliphatic rings. The smallest absolute Gasteiger partial charge is 0.127 e. The molecule has 3 nitrogen and oxygen atoms in total. The molecular formula is C25H38O3. The number of aliphatic hydroxyl groups excluding tert-OH is 2. The summed E-state index contributed by atoms with van der Waals surface area (Å²) < 4.78 is 6.40. The molecule has 2 aromatic carbocycles. The van der Waals surface area contributed by atoms with Gasteiger partial charge in [0, 0.05) is 11.8 Å². The molecule has 0 saturated heterocycles. The van der Waals surface area contributed by atoms with Gasteiger partial charge in [-0.2, -0.15) is 0 Å². The Bertz CT molecular complexity index is 683. The van der Waals surface area contributed by atoms with Crippen LogP contribution in [0.2, 0.25) is 0 Å². The van der Waals surface area contributed by atoms with E-state index in [0.29, 0.717) is 6.42 Å². The Hall–Kier alpha value is -1.58. The number of aliphatic hydroxyl groups is 2. The standard InChI is InChI=1S/C25H38O3/c1-3-5-6-7-8-9-10-13-22(4-2)28-25-17-16-20(18-21(27)19-26)23-14-11-12-15-24(23)25/h11-12,14-17,21-22,26-27H,3-10,13,18-19H2,1-2H3. The van der Waals surface area contributed by atoms with Crippen molar-refractivity contribution >= 4 is 10.8 Å². The highest BCUT2D eigenvalue weighted by molar-refractivity contribution is 5.91. The van der Waals surface area contributed by atoms with Gasteiger partial charge in [0.2, 0.25) is 0 Å². The van der Waals surface area contributed by atoms with Gasteiger partial charge in [0.15, 0.2) is 0 Å². The summed E-state index contributed by atoms with van der Waals surface area (Å²) >= 11 is 0. The summed E-state index contributed by atoms with van der Waals surface area (Å²) in [5.41, 5.74) is 1.05. The molecule has 0 radical (unpaired) electrons. The van der Waals surface area contributed by atoms with Crippen LogP contribution in [0.1, 0.15) is 77.2 Å². The fourth-order valence-corrected chi connectivity index (χ4v) is 3.79. The molecule has 2 N–H and O–H groups in total. The van der Waals surface area contributed by atoms with Gasteiger partial charge in [-0.05, 0) is 36.3 Å². The third-order valence-electron chi connectivity index (χ3n) is 5.52. The highest BCUT2D eigenvalue weighted by Crippen LogP contribution is 2.31. The Kier molecular flexibility index (Phi) is 10.4. The molecule has 0 amide bonds. The van der Waals surface area contributed by atoms with Gasteiger partial charge < -0.3 is 14.9 Å². The lowest BCUT2D eigenvalue weighted by atomic mass is 9.99. The van der Waals surface area contributed by atoms with Crippen molar-refractivity contribution in [1.82, 2.24) is 0 Å². The van der Waals surface area contributed by atoms with Crippen LogP contribution in [0.15, 0.2) is 36.4 Å². The fourth-order valence-electron chi connectivity index (χ4n) is 3.79. The van der Waals surface area contributed by atoms with Crippen LogP contribution < -0.4 is 4.74 Å². The van der Waals surface area contributed by atoms with E-state index < -0.39 is 6.10 Å². The van der Waals surface area contributed by atoms with Crippen LogP contribution in [0.4, 0.5) is 0 Å². The molecule has 156 valence electrons. The van der Waals surface area contributed by atoms with Crippen molar-refractivity contribution in [2.75, 3.05) is 6.61 Å². The number of fused-ring (bicyclic) bond motifs is 1. The number of ether oxygens (including phenoxy) is 1. The molecule has 0 aliphatic carbocycles. The number of rotatable bonds is 14. The second-order valence-corrected chi connectivity index (χ2v) is 7.87. The topological polar surface area (TPSA) is 49.7 Å². The second kappa shape index (κ2) is 12.8. The predicted octanol–water partition coefficient (Wildman–Crippen LogP) is 6.03. The first kappa shape index (κ1) is 22.7. The average molecular weight is 387 g/mol. The number of hydrogen-bond donors (Lipinski definition) is 2. The highest BCUT2D eigenvalue weighted by Gasteiger charge is 2.14. The molecule has 0 heterocycles. The maximum absolute atomic E-state index is 9.83. The minimum atomic E-state index is -0.726. The molecule has 3 heteroatoms. The summed E-state index contributed by atoms with van der Waals surface area (Å²) in [6, 6.07) is 12.2. The molecule has 0 saturated carbocycles.